The van der Waals surface area contributed by atoms with Crippen molar-refractivity contribution in [3.8, 4) is 0 Å². The van der Waals surface area contributed by atoms with E-state index in [0.29, 0.717) is 0 Å². The molecule has 0 unspecified atom stereocenters. The number of rotatable bonds is 3. The molecule has 2 aliphatic heterocycles. The van der Waals surface area contributed by atoms with E-state index >= 15 is 0 Å². The van der Waals surface area contributed by atoms with Crippen LogP contribution in [0.3, 0.4) is 0 Å². The largest absolute Gasteiger partial charge is 0.387 e. The highest BCUT2D eigenvalue weighted by atomic mass is 16.3. The molecule has 0 radical (unpaired) electrons. The number of hydrogen-bond donors (Lipinski definition) is 2. The van der Waals surface area contributed by atoms with E-state index in [4.69, 9.17) is 0 Å². The molecule has 2 N–H and O–H groups in total. The number of pyridine rings is 1. The molecule has 1 saturated heterocycles. The molecule has 0 aliphatic carbocycles. The molecule has 0 aromatic carbocycles. The molecule has 132 valence electrons. The molecule has 6 nitrogen and oxygen atoms in total. The number of hydrogen-bond acceptors (Lipinski definition) is 6. The third-order valence-corrected chi connectivity index (χ3v) is 5.38. The smallest absolute Gasteiger partial charge is 0.135 e. The van der Waals surface area contributed by atoms with Crippen molar-refractivity contribution in [2.45, 2.75) is 31.8 Å². The van der Waals surface area contributed by atoms with Crippen molar-refractivity contribution < 1.29 is 5.11 Å². The van der Waals surface area contributed by atoms with Crippen LogP contribution in [0.25, 0.3) is 0 Å². The van der Waals surface area contributed by atoms with Crippen LogP contribution < -0.4 is 10.2 Å². The van der Waals surface area contributed by atoms with Gasteiger partial charge in [-0.15, -0.1) is 0 Å². The van der Waals surface area contributed by atoms with Crippen LogP contribution in [-0.4, -0.2) is 46.2 Å². The average molecular weight is 339 g/mol. The summed E-state index contributed by atoms with van der Waals surface area (Å²) in [5.41, 5.74) is 3.27. The van der Waals surface area contributed by atoms with E-state index < -0.39 is 6.10 Å². The molecule has 0 spiro atoms. The summed E-state index contributed by atoms with van der Waals surface area (Å²) in [4.78, 5) is 15.8. The van der Waals surface area contributed by atoms with Crippen molar-refractivity contribution in [3.63, 3.8) is 0 Å². The molecule has 4 heterocycles. The Balaban J connectivity index is 1.46. The summed E-state index contributed by atoms with van der Waals surface area (Å²) in [6.07, 6.45) is 6.84. The SMILES string of the molecule is O[C@@H](c1ccccn1)C1CCN(c2ncnc3c2CCNCC3)CC1. The lowest BCUT2D eigenvalue weighted by molar-refractivity contribution is 0.0890. The second-order valence-corrected chi connectivity index (χ2v) is 6.90. The predicted molar refractivity (Wildman–Crippen MR) is 96.4 cm³/mol. The molecule has 2 aromatic heterocycles. The van der Waals surface area contributed by atoms with E-state index in [1.54, 1.807) is 12.5 Å². The van der Waals surface area contributed by atoms with Gasteiger partial charge in [0, 0.05) is 37.8 Å². The molecule has 25 heavy (non-hydrogen) atoms. The highest BCUT2D eigenvalue weighted by Crippen LogP contribution is 2.32. The van der Waals surface area contributed by atoms with Gasteiger partial charge in [0.05, 0.1) is 17.5 Å². The lowest BCUT2D eigenvalue weighted by atomic mass is 9.89. The Labute approximate surface area is 148 Å². The summed E-state index contributed by atoms with van der Waals surface area (Å²) in [5, 5.41) is 14.1. The third kappa shape index (κ3) is 3.50. The number of aliphatic hydroxyl groups is 1. The van der Waals surface area contributed by atoms with Crippen molar-refractivity contribution >= 4 is 5.82 Å². The topological polar surface area (TPSA) is 74.2 Å². The summed E-state index contributed by atoms with van der Waals surface area (Å²) >= 11 is 0. The van der Waals surface area contributed by atoms with Crippen molar-refractivity contribution in [2.75, 3.05) is 31.1 Å². The number of aromatic nitrogens is 3. The fourth-order valence-corrected chi connectivity index (χ4v) is 3.95. The summed E-state index contributed by atoms with van der Waals surface area (Å²) in [6.45, 7) is 3.82. The number of anilines is 1. The van der Waals surface area contributed by atoms with Gasteiger partial charge < -0.3 is 15.3 Å². The van der Waals surface area contributed by atoms with Gasteiger partial charge in [0.25, 0.3) is 0 Å². The molecule has 0 saturated carbocycles. The predicted octanol–water partition coefficient (Wildman–Crippen LogP) is 1.51. The van der Waals surface area contributed by atoms with Gasteiger partial charge in [-0.05, 0) is 43.9 Å². The minimum absolute atomic E-state index is 0.258. The Hall–Kier alpha value is -2.05. The van der Waals surface area contributed by atoms with Gasteiger partial charge in [-0.1, -0.05) is 6.07 Å². The number of nitrogens with zero attached hydrogens (tertiary/aromatic N) is 4. The first-order chi connectivity index (χ1) is 12.3. The van der Waals surface area contributed by atoms with Gasteiger partial charge in [0.15, 0.2) is 0 Å². The van der Waals surface area contributed by atoms with Crippen LogP contribution in [0.4, 0.5) is 5.82 Å². The van der Waals surface area contributed by atoms with Crippen molar-refractivity contribution in [2.24, 2.45) is 5.92 Å². The van der Waals surface area contributed by atoms with E-state index in [2.05, 4.69) is 25.2 Å². The first kappa shape index (κ1) is 16.4. The van der Waals surface area contributed by atoms with Crippen LogP contribution in [0, 0.1) is 5.92 Å². The van der Waals surface area contributed by atoms with Crippen molar-refractivity contribution in [1.82, 2.24) is 20.3 Å². The summed E-state index contributed by atoms with van der Waals surface area (Å²) in [7, 11) is 0. The Morgan fingerprint density at radius 1 is 1.08 bits per heavy atom. The lowest BCUT2D eigenvalue weighted by Crippen LogP contribution is -2.37. The van der Waals surface area contributed by atoms with E-state index in [1.807, 2.05) is 18.2 Å². The Morgan fingerprint density at radius 2 is 1.92 bits per heavy atom. The van der Waals surface area contributed by atoms with Gasteiger partial charge in [0.1, 0.15) is 12.1 Å². The second kappa shape index (κ2) is 7.45. The average Bonchev–Trinajstić information content (AvgIpc) is 2.94. The fraction of sp³-hybridized carbons (Fsp3) is 0.526. The van der Waals surface area contributed by atoms with Crippen molar-refractivity contribution in [3.05, 3.63) is 47.7 Å². The van der Waals surface area contributed by atoms with Gasteiger partial charge in [-0.3, -0.25) is 4.98 Å². The van der Waals surface area contributed by atoms with Crippen LogP contribution in [0.15, 0.2) is 30.7 Å². The standard InChI is InChI=1S/C19H25N5O/c25-18(17-3-1-2-8-21-17)14-6-11-24(12-7-14)19-15-4-9-20-10-5-16(15)22-13-23-19/h1-3,8,13-14,18,20,25H,4-7,9-12H2/t18-/m1/s1. The summed E-state index contributed by atoms with van der Waals surface area (Å²) in [6, 6.07) is 5.73. The number of fused-ring (bicyclic) bond motifs is 1. The first-order valence-corrected chi connectivity index (χ1v) is 9.20. The number of aliphatic hydroxyl groups excluding tert-OH is 1. The van der Waals surface area contributed by atoms with Crippen LogP contribution >= 0.6 is 0 Å². The molecule has 1 fully saturated rings. The zero-order valence-corrected chi connectivity index (χ0v) is 14.4. The zero-order valence-electron chi connectivity index (χ0n) is 14.4. The molecule has 6 heteroatoms. The van der Waals surface area contributed by atoms with Gasteiger partial charge in [0.2, 0.25) is 0 Å². The molecule has 2 aromatic rings. The summed E-state index contributed by atoms with van der Waals surface area (Å²) < 4.78 is 0. The maximum absolute atomic E-state index is 10.6. The molecule has 4 rings (SSSR count). The minimum atomic E-state index is -0.477. The van der Waals surface area contributed by atoms with E-state index in [-0.39, 0.29) is 5.92 Å². The van der Waals surface area contributed by atoms with Gasteiger partial charge in [-0.25, -0.2) is 9.97 Å². The third-order valence-electron chi connectivity index (χ3n) is 5.38. The Bertz CT molecular complexity index is 700. The molecule has 1 atom stereocenters. The number of piperidine rings is 1. The van der Waals surface area contributed by atoms with Crippen LogP contribution in [-0.2, 0) is 12.8 Å². The van der Waals surface area contributed by atoms with E-state index in [0.717, 1.165) is 63.4 Å². The highest BCUT2D eigenvalue weighted by Gasteiger charge is 2.29. The van der Waals surface area contributed by atoms with E-state index in [9.17, 15) is 5.11 Å². The molecule has 0 bridgehead atoms. The maximum Gasteiger partial charge on any atom is 0.135 e. The zero-order chi connectivity index (χ0) is 17.1. The van der Waals surface area contributed by atoms with Gasteiger partial charge in [-0.2, -0.15) is 0 Å². The van der Waals surface area contributed by atoms with Crippen LogP contribution in [0.2, 0.25) is 0 Å². The molecular formula is C19H25N5O. The molecule has 0 amide bonds. The quantitative estimate of drug-likeness (QED) is 0.883. The lowest BCUT2D eigenvalue weighted by Gasteiger charge is -2.35. The highest BCUT2D eigenvalue weighted by molar-refractivity contribution is 5.49. The van der Waals surface area contributed by atoms with Crippen molar-refractivity contribution in [1.29, 1.82) is 0 Å². The van der Waals surface area contributed by atoms with Gasteiger partial charge >= 0.3 is 0 Å². The summed E-state index contributed by atoms with van der Waals surface area (Å²) in [5.74, 6) is 1.35. The Kier molecular flexibility index (Phi) is 4.90. The van der Waals surface area contributed by atoms with E-state index in [1.165, 1.54) is 11.3 Å². The molecular weight excluding hydrogens is 314 g/mol. The minimum Gasteiger partial charge on any atom is -0.387 e. The second-order valence-electron chi connectivity index (χ2n) is 6.90. The fourth-order valence-electron chi connectivity index (χ4n) is 3.95. The van der Waals surface area contributed by atoms with Crippen LogP contribution in [0.5, 0.6) is 0 Å². The normalized spacial score (nSPS) is 20.0. The maximum atomic E-state index is 10.6. The number of nitrogens with one attached hydrogen (secondary N) is 1. The Morgan fingerprint density at radius 3 is 2.72 bits per heavy atom. The monoisotopic (exact) mass is 339 g/mol. The van der Waals surface area contributed by atoms with Crippen LogP contribution in [0.1, 0.15) is 35.9 Å². The molecule has 2 aliphatic rings. The first-order valence-electron chi connectivity index (χ1n) is 9.20.